The lowest BCUT2D eigenvalue weighted by molar-refractivity contribution is -0.0514. The molecular weight excluding hydrogens is 416 g/mol. The van der Waals surface area contributed by atoms with Crippen LogP contribution in [0, 0.1) is 13.8 Å². The summed E-state index contributed by atoms with van der Waals surface area (Å²) >= 11 is 0. The summed E-state index contributed by atoms with van der Waals surface area (Å²) in [5, 5.41) is 0.939. The maximum atomic E-state index is 12.7. The van der Waals surface area contributed by atoms with Gasteiger partial charge in [-0.2, -0.15) is 8.78 Å². The standard InChI is InChI=1S/C25H27F2NO4/c1-4-30-22-11-17(6-10-21(22)31-25(26)27)13-28(19-7-8-19)14-18-12-23(29)32-24-16(3)15(2)5-9-20(18)24/h5-6,9-12,19,25H,4,7-8,13-14H2,1-3H3. The molecule has 1 saturated carbocycles. The van der Waals surface area contributed by atoms with Gasteiger partial charge in [0.05, 0.1) is 6.61 Å². The second-order valence-corrected chi connectivity index (χ2v) is 8.20. The molecule has 0 bridgehead atoms. The molecule has 3 aromatic rings. The summed E-state index contributed by atoms with van der Waals surface area (Å²) in [6, 6.07) is 11.1. The number of alkyl halides is 2. The first kappa shape index (κ1) is 22.3. The normalized spacial score (nSPS) is 13.8. The Bertz CT molecular complexity index is 1170. The number of halogens is 2. The Balaban J connectivity index is 1.63. The lowest BCUT2D eigenvalue weighted by atomic mass is 10.0. The van der Waals surface area contributed by atoms with Crippen LogP contribution in [0.25, 0.3) is 11.0 Å². The van der Waals surface area contributed by atoms with Gasteiger partial charge in [-0.3, -0.25) is 4.90 Å². The summed E-state index contributed by atoms with van der Waals surface area (Å²) in [5.41, 5.74) is 4.18. The predicted molar refractivity (Wildman–Crippen MR) is 118 cm³/mol. The molecule has 170 valence electrons. The van der Waals surface area contributed by atoms with Crippen molar-refractivity contribution in [3.05, 3.63) is 69.1 Å². The van der Waals surface area contributed by atoms with Crippen molar-refractivity contribution < 1.29 is 22.7 Å². The van der Waals surface area contributed by atoms with Crippen LogP contribution >= 0.6 is 0 Å². The van der Waals surface area contributed by atoms with Gasteiger partial charge in [0.2, 0.25) is 0 Å². The van der Waals surface area contributed by atoms with Crippen molar-refractivity contribution in [2.45, 2.75) is 59.4 Å². The lowest BCUT2D eigenvalue weighted by Crippen LogP contribution is -2.25. The van der Waals surface area contributed by atoms with Crippen molar-refractivity contribution >= 4 is 11.0 Å². The largest absolute Gasteiger partial charge is 0.490 e. The molecule has 0 amide bonds. The van der Waals surface area contributed by atoms with Crippen molar-refractivity contribution in [2.75, 3.05) is 6.61 Å². The number of ether oxygens (including phenoxy) is 2. The summed E-state index contributed by atoms with van der Waals surface area (Å²) in [5.74, 6) is 0.332. The fourth-order valence-electron chi connectivity index (χ4n) is 3.97. The topological polar surface area (TPSA) is 51.9 Å². The van der Waals surface area contributed by atoms with Gasteiger partial charge in [-0.1, -0.05) is 18.2 Å². The van der Waals surface area contributed by atoms with Crippen molar-refractivity contribution in [1.82, 2.24) is 4.90 Å². The molecule has 32 heavy (non-hydrogen) atoms. The molecule has 0 spiro atoms. The van der Waals surface area contributed by atoms with Gasteiger partial charge in [-0.05, 0) is 68.0 Å². The van der Waals surface area contributed by atoms with Gasteiger partial charge in [-0.25, -0.2) is 4.79 Å². The molecular formula is C25H27F2NO4. The van der Waals surface area contributed by atoms with Crippen LogP contribution in [-0.4, -0.2) is 24.2 Å². The zero-order valence-electron chi connectivity index (χ0n) is 18.5. The number of rotatable bonds is 9. The highest BCUT2D eigenvalue weighted by Gasteiger charge is 2.30. The molecule has 0 atom stereocenters. The van der Waals surface area contributed by atoms with E-state index < -0.39 is 6.61 Å². The van der Waals surface area contributed by atoms with Gasteiger partial charge in [0.1, 0.15) is 5.58 Å². The zero-order valence-corrected chi connectivity index (χ0v) is 18.5. The van der Waals surface area contributed by atoms with Crippen molar-refractivity contribution in [2.24, 2.45) is 0 Å². The number of fused-ring (bicyclic) bond motifs is 1. The van der Waals surface area contributed by atoms with Crippen LogP contribution in [0.2, 0.25) is 0 Å². The fraction of sp³-hybridized carbons (Fsp3) is 0.400. The van der Waals surface area contributed by atoms with Crippen molar-refractivity contribution in [1.29, 1.82) is 0 Å². The molecule has 2 aromatic carbocycles. The van der Waals surface area contributed by atoms with E-state index in [0.29, 0.717) is 37.1 Å². The van der Waals surface area contributed by atoms with E-state index in [1.807, 2.05) is 26.0 Å². The molecule has 0 saturated heterocycles. The SMILES string of the molecule is CCOc1cc(CN(Cc2cc(=O)oc3c(C)c(C)ccc23)C2CC2)ccc1OC(F)F. The molecule has 1 aliphatic carbocycles. The molecule has 5 nitrogen and oxygen atoms in total. The van der Waals surface area contributed by atoms with E-state index >= 15 is 0 Å². The first-order valence-electron chi connectivity index (χ1n) is 10.8. The number of hydrogen-bond donors (Lipinski definition) is 0. The highest BCUT2D eigenvalue weighted by molar-refractivity contribution is 5.83. The minimum absolute atomic E-state index is 0.0288. The van der Waals surface area contributed by atoms with E-state index in [4.69, 9.17) is 9.15 Å². The van der Waals surface area contributed by atoms with E-state index in [0.717, 1.165) is 40.5 Å². The second kappa shape index (κ2) is 9.28. The monoisotopic (exact) mass is 443 g/mol. The van der Waals surface area contributed by atoms with E-state index in [2.05, 4.69) is 9.64 Å². The van der Waals surface area contributed by atoms with E-state index in [1.54, 1.807) is 25.1 Å². The number of nitrogens with zero attached hydrogens (tertiary/aromatic N) is 1. The van der Waals surface area contributed by atoms with Crippen LogP contribution in [0.5, 0.6) is 11.5 Å². The average Bonchev–Trinajstić information content (AvgIpc) is 3.58. The first-order chi connectivity index (χ1) is 15.4. The van der Waals surface area contributed by atoms with Gasteiger partial charge in [0.25, 0.3) is 0 Å². The van der Waals surface area contributed by atoms with Crippen LogP contribution in [0.3, 0.4) is 0 Å². The molecule has 0 radical (unpaired) electrons. The molecule has 1 fully saturated rings. The van der Waals surface area contributed by atoms with Gasteiger partial charge >= 0.3 is 12.2 Å². The van der Waals surface area contributed by atoms with E-state index in [-0.39, 0.29) is 11.4 Å². The van der Waals surface area contributed by atoms with Crippen molar-refractivity contribution in [3.63, 3.8) is 0 Å². The van der Waals surface area contributed by atoms with Gasteiger partial charge in [-0.15, -0.1) is 0 Å². The summed E-state index contributed by atoms with van der Waals surface area (Å²) in [6.07, 6.45) is 2.17. The minimum Gasteiger partial charge on any atom is -0.490 e. The lowest BCUT2D eigenvalue weighted by Gasteiger charge is -2.23. The summed E-state index contributed by atoms with van der Waals surface area (Å²) in [6.45, 7) is 4.39. The quantitative estimate of drug-likeness (QED) is 0.405. The highest BCUT2D eigenvalue weighted by Crippen LogP contribution is 2.34. The number of hydrogen-bond acceptors (Lipinski definition) is 5. The van der Waals surface area contributed by atoms with Crippen LogP contribution in [0.4, 0.5) is 8.78 Å². The fourth-order valence-corrected chi connectivity index (χ4v) is 3.97. The van der Waals surface area contributed by atoms with Crippen molar-refractivity contribution in [3.8, 4) is 11.5 Å². The molecule has 0 unspecified atom stereocenters. The van der Waals surface area contributed by atoms with Crippen LogP contribution < -0.4 is 15.1 Å². The third-order valence-electron chi connectivity index (χ3n) is 5.86. The molecule has 0 aliphatic heterocycles. The Morgan fingerprint density at radius 2 is 1.88 bits per heavy atom. The third-order valence-corrected chi connectivity index (χ3v) is 5.86. The Kier molecular flexibility index (Phi) is 6.46. The summed E-state index contributed by atoms with van der Waals surface area (Å²) in [4.78, 5) is 14.6. The molecule has 1 heterocycles. The highest BCUT2D eigenvalue weighted by atomic mass is 19.3. The summed E-state index contributed by atoms with van der Waals surface area (Å²) in [7, 11) is 0. The second-order valence-electron chi connectivity index (χ2n) is 8.20. The van der Waals surface area contributed by atoms with Crippen LogP contribution in [-0.2, 0) is 13.1 Å². The summed E-state index contributed by atoms with van der Waals surface area (Å²) < 4.78 is 41.0. The molecule has 1 aliphatic rings. The third kappa shape index (κ3) is 4.93. The maximum absolute atomic E-state index is 12.7. The van der Waals surface area contributed by atoms with Crippen LogP contribution in [0.15, 0.2) is 45.6 Å². The Morgan fingerprint density at radius 1 is 1.09 bits per heavy atom. The molecule has 1 aromatic heterocycles. The smallest absolute Gasteiger partial charge is 0.387 e. The van der Waals surface area contributed by atoms with Crippen LogP contribution in [0.1, 0.15) is 42.0 Å². The average molecular weight is 443 g/mol. The molecule has 0 N–H and O–H groups in total. The predicted octanol–water partition coefficient (Wildman–Crippen LogP) is 5.57. The van der Waals surface area contributed by atoms with E-state index in [1.165, 1.54) is 6.07 Å². The zero-order chi connectivity index (χ0) is 22.8. The maximum Gasteiger partial charge on any atom is 0.387 e. The van der Waals surface area contributed by atoms with Gasteiger partial charge in [0, 0.05) is 30.6 Å². The van der Waals surface area contributed by atoms with Gasteiger partial charge in [0.15, 0.2) is 11.5 Å². The molecule has 4 rings (SSSR count). The minimum atomic E-state index is -2.91. The number of benzene rings is 2. The molecule has 7 heteroatoms. The Morgan fingerprint density at radius 3 is 2.56 bits per heavy atom. The Labute approximate surface area is 185 Å². The van der Waals surface area contributed by atoms with E-state index in [9.17, 15) is 13.6 Å². The van der Waals surface area contributed by atoms with Gasteiger partial charge < -0.3 is 13.9 Å². The first-order valence-corrected chi connectivity index (χ1v) is 10.8. The Hall–Kier alpha value is -2.93. The number of aryl methyl sites for hydroxylation is 2.